The Balaban J connectivity index is 2.30. The van der Waals surface area contributed by atoms with Crippen LogP contribution in [0.25, 0.3) is 0 Å². The smallest absolute Gasteiger partial charge is 0.300 e. The third-order valence-corrected chi connectivity index (χ3v) is 3.94. The van der Waals surface area contributed by atoms with Crippen LogP contribution < -0.4 is 11.2 Å². The molecule has 0 N–H and O–H groups in total. The Kier molecular flexibility index (Phi) is 4.89. The molecule has 0 aliphatic carbocycles. The molecule has 0 fully saturated rings. The number of thiazole rings is 1. The predicted molar refractivity (Wildman–Crippen MR) is 80.5 cm³/mol. The minimum absolute atomic E-state index is 0.252. The van der Waals surface area contributed by atoms with Crippen molar-refractivity contribution in [2.45, 2.75) is 46.2 Å². The van der Waals surface area contributed by atoms with E-state index in [4.69, 9.17) is 0 Å². The van der Waals surface area contributed by atoms with Crippen molar-refractivity contribution in [3.05, 3.63) is 49.2 Å². The number of nitrogens with zero attached hydrogens (tertiary/aromatic N) is 3. The summed E-state index contributed by atoms with van der Waals surface area (Å²) in [6.07, 6.45) is 4.40. The highest BCUT2D eigenvalue weighted by Crippen LogP contribution is 2.11. The van der Waals surface area contributed by atoms with E-state index in [1.165, 1.54) is 10.6 Å². The summed E-state index contributed by atoms with van der Waals surface area (Å²) in [5, 5.41) is 2.98. The van der Waals surface area contributed by atoms with Crippen molar-refractivity contribution in [1.82, 2.24) is 14.1 Å². The zero-order valence-electron chi connectivity index (χ0n) is 11.8. The summed E-state index contributed by atoms with van der Waals surface area (Å²) >= 11 is 1.58. The van der Waals surface area contributed by atoms with Crippen LogP contribution in [-0.4, -0.2) is 14.1 Å². The molecular weight excluding hydrogens is 274 g/mol. The van der Waals surface area contributed by atoms with Crippen molar-refractivity contribution in [3.8, 4) is 0 Å². The van der Waals surface area contributed by atoms with Gasteiger partial charge in [-0.15, -0.1) is 11.3 Å². The summed E-state index contributed by atoms with van der Waals surface area (Å²) < 4.78 is 2.82. The van der Waals surface area contributed by atoms with Crippen molar-refractivity contribution >= 4 is 11.3 Å². The maximum Gasteiger partial charge on any atom is 0.331 e. The van der Waals surface area contributed by atoms with E-state index in [2.05, 4.69) is 11.9 Å². The summed E-state index contributed by atoms with van der Waals surface area (Å²) in [5.74, 6) is 0. The lowest BCUT2D eigenvalue weighted by atomic mass is 10.3. The molecule has 2 aromatic rings. The standard InChI is InChI=1S/C14H19N3O2S/c1-3-5-12-15-11(10-20-12)9-17-13(18)6-8-16(7-4-2)14(17)19/h6,8,10H,3-5,7,9H2,1-2H3. The van der Waals surface area contributed by atoms with Crippen LogP contribution in [0.5, 0.6) is 0 Å². The van der Waals surface area contributed by atoms with Gasteiger partial charge in [0.15, 0.2) is 0 Å². The van der Waals surface area contributed by atoms with E-state index in [1.807, 2.05) is 12.3 Å². The van der Waals surface area contributed by atoms with E-state index < -0.39 is 0 Å². The van der Waals surface area contributed by atoms with Gasteiger partial charge in [0.1, 0.15) is 0 Å². The van der Waals surface area contributed by atoms with E-state index in [0.29, 0.717) is 6.54 Å². The fourth-order valence-electron chi connectivity index (χ4n) is 2.03. The first kappa shape index (κ1) is 14.7. The molecule has 0 aromatic carbocycles. The summed E-state index contributed by atoms with van der Waals surface area (Å²) in [6.45, 7) is 4.98. The molecule has 0 spiro atoms. The first-order valence-corrected chi connectivity index (χ1v) is 7.77. The molecule has 0 atom stereocenters. The molecule has 0 saturated carbocycles. The topological polar surface area (TPSA) is 56.9 Å². The quantitative estimate of drug-likeness (QED) is 0.817. The van der Waals surface area contributed by atoms with Crippen LogP contribution in [0.15, 0.2) is 27.2 Å². The SMILES string of the molecule is CCCc1nc(Cn2c(=O)ccn(CCC)c2=O)cs1. The largest absolute Gasteiger partial charge is 0.331 e. The van der Waals surface area contributed by atoms with Crippen molar-refractivity contribution in [2.75, 3.05) is 0 Å². The highest BCUT2D eigenvalue weighted by atomic mass is 32.1. The highest BCUT2D eigenvalue weighted by Gasteiger charge is 2.08. The molecule has 6 heteroatoms. The van der Waals surface area contributed by atoms with Gasteiger partial charge in [-0.25, -0.2) is 9.78 Å². The second-order valence-corrected chi connectivity index (χ2v) is 5.64. The van der Waals surface area contributed by atoms with Gasteiger partial charge in [0, 0.05) is 24.2 Å². The van der Waals surface area contributed by atoms with Gasteiger partial charge >= 0.3 is 5.69 Å². The number of aromatic nitrogens is 3. The van der Waals surface area contributed by atoms with Gasteiger partial charge in [-0.05, 0) is 19.3 Å². The van der Waals surface area contributed by atoms with Crippen molar-refractivity contribution in [3.63, 3.8) is 0 Å². The molecule has 108 valence electrons. The molecule has 2 heterocycles. The minimum atomic E-state index is -0.271. The third kappa shape index (κ3) is 3.25. The third-order valence-electron chi connectivity index (χ3n) is 2.99. The zero-order valence-corrected chi connectivity index (χ0v) is 12.7. The molecule has 0 saturated heterocycles. The average molecular weight is 293 g/mol. The molecule has 0 radical (unpaired) electrons. The first-order chi connectivity index (χ1) is 9.65. The van der Waals surface area contributed by atoms with Crippen molar-refractivity contribution < 1.29 is 0 Å². The Labute approximate surface area is 121 Å². The molecule has 2 aromatic heterocycles. The van der Waals surface area contributed by atoms with Crippen LogP contribution in [0.2, 0.25) is 0 Å². The van der Waals surface area contributed by atoms with E-state index in [9.17, 15) is 9.59 Å². The van der Waals surface area contributed by atoms with Crippen LogP contribution in [0.1, 0.15) is 37.4 Å². The van der Waals surface area contributed by atoms with Gasteiger partial charge in [0.05, 0.1) is 17.2 Å². The molecule has 5 nitrogen and oxygen atoms in total. The van der Waals surface area contributed by atoms with E-state index in [1.54, 1.807) is 22.1 Å². The van der Waals surface area contributed by atoms with Crippen molar-refractivity contribution in [1.29, 1.82) is 0 Å². The maximum absolute atomic E-state index is 12.2. The van der Waals surface area contributed by atoms with E-state index in [-0.39, 0.29) is 17.8 Å². The van der Waals surface area contributed by atoms with Gasteiger partial charge in [0.2, 0.25) is 0 Å². The first-order valence-electron chi connectivity index (χ1n) is 6.89. The van der Waals surface area contributed by atoms with Gasteiger partial charge in [-0.3, -0.25) is 9.36 Å². The monoisotopic (exact) mass is 293 g/mol. The van der Waals surface area contributed by atoms with Gasteiger partial charge in [-0.1, -0.05) is 13.8 Å². The zero-order chi connectivity index (χ0) is 14.5. The molecule has 0 aliphatic heterocycles. The van der Waals surface area contributed by atoms with Crippen LogP contribution in [-0.2, 0) is 19.5 Å². The Morgan fingerprint density at radius 1 is 1.25 bits per heavy atom. The molecule has 0 aliphatic rings. The lowest BCUT2D eigenvalue weighted by Gasteiger charge is -2.07. The Hall–Kier alpha value is -1.69. The Morgan fingerprint density at radius 2 is 2.05 bits per heavy atom. The second-order valence-electron chi connectivity index (χ2n) is 4.70. The minimum Gasteiger partial charge on any atom is -0.300 e. The van der Waals surface area contributed by atoms with Gasteiger partial charge in [0.25, 0.3) is 5.56 Å². The maximum atomic E-state index is 12.2. The molecule has 0 amide bonds. The van der Waals surface area contributed by atoms with Crippen LogP contribution in [0.4, 0.5) is 0 Å². The second kappa shape index (κ2) is 6.65. The molecule has 0 bridgehead atoms. The van der Waals surface area contributed by atoms with Gasteiger partial charge < -0.3 is 4.57 Å². The lowest BCUT2D eigenvalue weighted by molar-refractivity contribution is 0.567. The van der Waals surface area contributed by atoms with Crippen molar-refractivity contribution in [2.24, 2.45) is 0 Å². The highest BCUT2D eigenvalue weighted by molar-refractivity contribution is 7.09. The van der Waals surface area contributed by atoms with Gasteiger partial charge in [-0.2, -0.15) is 0 Å². The molecule has 0 unspecified atom stereocenters. The van der Waals surface area contributed by atoms with Crippen LogP contribution in [0.3, 0.4) is 0 Å². The summed E-state index contributed by atoms with van der Waals surface area (Å²) in [4.78, 5) is 28.5. The molecular formula is C14H19N3O2S. The van der Waals surface area contributed by atoms with E-state index in [0.717, 1.165) is 30.0 Å². The summed E-state index contributed by atoms with van der Waals surface area (Å²) in [5.41, 5.74) is 0.253. The normalized spacial score (nSPS) is 10.9. The van der Waals surface area contributed by atoms with Crippen LogP contribution >= 0.6 is 11.3 Å². The summed E-state index contributed by atoms with van der Waals surface area (Å²) in [6, 6.07) is 1.44. The number of aryl methyl sites for hydroxylation is 2. The Bertz CT molecular complexity index is 684. The Morgan fingerprint density at radius 3 is 2.75 bits per heavy atom. The number of hydrogen-bond donors (Lipinski definition) is 0. The summed E-state index contributed by atoms with van der Waals surface area (Å²) in [7, 11) is 0. The van der Waals surface area contributed by atoms with Crippen LogP contribution in [0, 0.1) is 0 Å². The lowest BCUT2D eigenvalue weighted by Crippen LogP contribution is -2.39. The number of rotatable bonds is 6. The fraction of sp³-hybridized carbons (Fsp3) is 0.500. The average Bonchev–Trinajstić information content (AvgIpc) is 2.86. The predicted octanol–water partition coefficient (Wildman–Crippen LogP) is 1.88. The van der Waals surface area contributed by atoms with E-state index >= 15 is 0 Å². The molecule has 2 rings (SSSR count). The fourth-order valence-corrected chi connectivity index (χ4v) is 2.92. The molecule has 20 heavy (non-hydrogen) atoms. The number of hydrogen-bond acceptors (Lipinski definition) is 4.